The van der Waals surface area contributed by atoms with Gasteiger partial charge in [0.15, 0.2) is 0 Å². The van der Waals surface area contributed by atoms with E-state index in [4.69, 9.17) is 0 Å². The molecule has 0 radical (unpaired) electrons. The number of aliphatic imine (C=N–C) groups is 1. The van der Waals surface area contributed by atoms with Gasteiger partial charge in [-0.15, -0.1) is 0 Å². The molecule has 1 N–H and O–H groups in total. The van der Waals surface area contributed by atoms with Crippen molar-refractivity contribution in [2.45, 2.75) is 44.4 Å². The van der Waals surface area contributed by atoms with Crippen molar-refractivity contribution in [3.05, 3.63) is 34.5 Å². The van der Waals surface area contributed by atoms with E-state index >= 15 is 0 Å². The first kappa shape index (κ1) is 23.4. The third-order valence-electron chi connectivity index (χ3n) is 6.54. The van der Waals surface area contributed by atoms with E-state index in [2.05, 4.69) is 9.98 Å². The van der Waals surface area contributed by atoms with Gasteiger partial charge in [0.1, 0.15) is 17.3 Å². The van der Waals surface area contributed by atoms with Crippen molar-refractivity contribution in [1.82, 2.24) is 9.88 Å². The van der Waals surface area contributed by atoms with E-state index in [1.807, 2.05) is 4.90 Å². The summed E-state index contributed by atoms with van der Waals surface area (Å²) in [6, 6.07) is 2.22. The van der Waals surface area contributed by atoms with Crippen LogP contribution in [-0.2, 0) is 11.0 Å². The molecule has 1 aromatic heterocycles. The van der Waals surface area contributed by atoms with Crippen LogP contribution in [0, 0.1) is 5.92 Å². The normalized spacial score (nSPS) is 24.2. The molecule has 1 fully saturated rings. The maximum absolute atomic E-state index is 13.4. The van der Waals surface area contributed by atoms with Crippen molar-refractivity contribution in [2.24, 2.45) is 10.9 Å². The Labute approximate surface area is 190 Å². The van der Waals surface area contributed by atoms with Crippen molar-refractivity contribution in [1.29, 1.82) is 0 Å². The van der Waals surface area contributed by atoms with Crippen LogP contribution in [0.5, 0.6) is 0 Å². The average molecular weight is 464 g/mol. The lowest BCUT2D eigenvalue weighted by Gasteiger charge is -2.37. The molecule has 1 unspecified atom stereocenters. The summed E-state index contributed by atoms with van der Waals surface area (Å²) in [6.07, 6.45) is -2.90. The molecule has 0 aromatic carbocycles. The summed E-state index contributed by atoms with van der Waals surface area (Å²) < 4.78 is 40.2. The molecule has 1 saturated heterocycles. The van der Waals surface area contributed by atoms with Crippen molar-refractivity contribution in [3.63, 3.8) is 0 Å². The predicted molar refractivity (Wildman–Crippen MR) is 116 cm³/mol. The standard InChI is InChI=1S/C23H27F3N4O3/c1-22(33)11-15(31)10-14-12-27-19(18(14)22)13-6-8-30(9-7-13)17-5-4-16(23(24,25)26)20(28-17)21(32)29(2)3/h4-5,13,33H,6-12H2,1-3H3. The van der Waals surface area contributed by atoms with Crippen LogP contribution in [-0.4, -0.2) is 71.7 Å². The number of amides is 1. The number of Topliss-reactive ketones (excluding diaryl/α,β-unsaturated/α-hetero) is 1. The minimum Gasteiger partial charge on any atom is -0.385 e. The van der Waals surface area contributed by atoms with E-state index in [9.17, 15) is 27.9 Å². The molecule has 178 valence electrons. The molecular weight excluding hydrogens is 437 g/mol. The van der Waals surface area contributed by atoms with Gasteiger partial charge in [-0.2, -0.15) is 13.2 Å². The second-order valence-corrected chi connectivity index (χ2v) is 9.37. The van der Waals surface area contributed by atoms with Crippen molar-refractivity contribution >= 4 is 23.2 Å². The van der Waals surface area contributed by atoms with Crippen molar-refractivity contribution in [3.8, 4) is 0 Å². The SMILES string of the molecule is CN(C)C(=O)c1nc(N2CCC(C3=NCC4=C3C(C)(O)CC(=O)C4)CC2)ccc1C(F)(F)F. The number of anilines is 1. The molecule has 0 spiro atoms. The maximum atomic E-state index is 13.4. The van der Waals surface area contributed by atoms with Crippen LogP contribution in [0.25, 0.3) is 0 Å². The van der Waals surface area contributed by atoms with Gasteiger partial charge in [0, 0.05) is 57.2 Å². The van der Waals surface area contributed by atoms with E-state index in [-0.39, 0.29) is 18.1 Å². The van der Waals surface area contributed by atoms with Gasteiger partial charge in [-0.25, -0.2) is 4.98 Å². The number of rotatable bonds is 3. The van der Waals surface area contributed by atoms with Crippen LogP contribution in [0.4, 0.5) is 19.0 Å². The summed E-state index contributed by atoms with van der Waals surface area (Å²) in [6.45, 7) is 3.15. The van der Waals surface area contributed by atoms with E-state index in [1.54, 1.807) is 6.92 Å². The van der Waals surface area contributed by atoms with Crippen molar-refractivity contribution in [2.75, 3.05) is 38.6 Å². The zero-order valence-corrected chi connectivity index (χ0v) is 18.9. The van der Waals surface area contributed by atoms with E-state index in [0.717, 1.165) is 27.8 Å². The summed E-state index contributed by atoms with van der Waals surface area (Å²) >= 11 is 0. The molecule has 10 heteroatoms. The molecule has 33 heavy (non-hydrogen) atoms. The van der Waals surface area contributed by atoms with Crippen LogP contribution < -0.4 is 4.90 Å². The Kier molecular flexibility index (Phi) is 5.84. The van der Waals surface area contributed by atoms with Gasteiger partial charge in [0.25, 0.3) is 5.91 Å². The number of carbonyl (C=O) groups is 2. The number of hydrogen-bond acceptors (Lipinski definition) is 6. The Hall–Kier alpha value is -2.75. The van der Waals surface area contributed by atoms with Crippen LogP contribution in [0.1, 0.15) is 48.7 Å². The lowest BCUT2D eigenvalue weighted by molar-refractivity contribution is -0.138. The Morgan fingerprint density at radius 1 is 1.24 bits per heavy atom. The van der Waals surface area contributed by atoms with Gasteiger partial charge >= 0.3 is 6.18 Å². The number of nitrogens with zero attached hydrogens (tertiary/aromatic N) is 4. The minimum atomic E-state index is -4.68. The van der Waals surface area contributed by atoms with Crippen LogP contribution in [0.2, 0.25) is 0 Å². The Bertz CT molecular complexity index is 1050. The molecule has 1 atom stereocenters. The summed E-state index contributed by atoms with van der Waals surface area (Å²) in [4.78, 5) is 36.0. The first-order chi connectivity index (χ1) is 15.4. The summed E-state index contributed by atoms with van der Waals surface area (Å²) in [5.74, 6) is -0.365. The number of aromatic nitrogens is 1. The highest BCUT2D eigenvalue weighted by atomic mass is 19.4. The lowest BCUT2D eigenvalue weighted by atomic mass is 9.74. The number of halogens is 3. The third kappa shape index (κ3) is 4.40. The molecular formula is C23H27F3N4O3. The molecule has 1 aliphatic carbocycles. The number of ketones is 1. The third-order valence-corrected chi connectivity index (χ3v) is 6.54. The smallest absolute Gasteiger partial charge is 0.385 e. The molecule has 7 nitrogen and oxygen atoms in total. The molecule has 0 bridgehead atoms. The fourth-order valence-corrected chi connectivity index (χ4v) is 5.04. The topological polar surface area (TPSA) is 86.1 Å². The second-order valence-electron chi connectivity index (χ2n) is 9.37. The summed E-state index contributed by atoms with van der Waals surface area (Å²) in [5, 5.41) is 10.9. The van der Waals surface area contributed by atoms with Gasteiger partial charge < -0.3 is 14.9 Å². The Balaban J connectivity index is 1.52. The second kappa shape index (κ2) is 8.23. The number of pyridine rings is 1. The molecule has 1 aromatic rings. The number of alkyl halides is 3. The maximum Gasteiger partial charge on any atom is 0.418 e. The van der Waals surface area contributed by atoms with E-state index < -0.39 is 28.9 Å². The van der Waals surface area contributed by atoms with E-state index in [0.29, 0.717) is 44.7 Å². The highest BCUT2D eigenvalue weighted by molar-refractivity contribution is 6.08. The van der Waals surface area contributed by atoms with Gasteiger partial charge in [-0.3, -0.25) is 14.6 Å². The average Bonchev–Trinajstić information content (AvgIpc) is 3.16. The molecule has 2 aliphatic heterocycles. The van der Waals surface area contributed by atoms with Gasteiger partial charge in [0.05, 0.1) is 17.7 Å². The quantitative estimate of drug-likeness (QED) is 0.744. The Morgan fingerprint density at radius 3 is 2.52 bits per heavy atom. The van der Waals surface area contributed by atoms with E-state index in [1.165, 1.54) is 20.2 Å². The number of hydrogen-bond donors (Lipinski definition) is 1. The largest absolute Gasteiger partial charge is 0.418 e. The summed E-state index contributed by atoms with van der Waals surface area (Å²) in [7, 11) is 2.78. The number of piperidine rings is 1. The molecule has 1 amide bonds. The zero-order chi connectivity index (χ0) is 24.1. The molecule has 3 heterocycles. The van der Waals surface area contributed by atoms with Crippen LogP contribution in [0.3, 0.4) is 0 Å². The van der Waals surface area contributed by atoms with Gasteiger partial charge in [-0.1, -0.05) is 0 Å². The number of carbonyl (C=O) groups excluding carboxylic acids is 2. The highest BCUT2D eigenvalue weighted by Gasteiger charge is 2.43. The summed E-state index contributed by atoms with van der Waals surface area (Å²) in [5.41, 5.74) is -0.324. The molecule has 4 rings (SSSR count). The lowest BCUT2D eigenvalue weighted by Crippen LogP contribution is -2.42. The Morgan fingerprint density at radius 2 is 1.91 bits per heavy atom. The molecule has 0 saturated carbocycles. The van der Waals surface area contributed by atoms with Crippen LogP contribution >= 0.6 is 0 Å². The predicted octanol–water partition coefficient (Wildman–Crippen LogP) is 2.88. The van der Waals surface area contributed by atoms with Gasteiger partial charge in [-0.05, 0) is 37.5 Å². The minimum absolute atomic E-state index is 0.0153. The fraction of sp³-hybridized carbons (Fsp3) is 0.565. The van der Waals surface area contributed by atoms with Crippen molar-refractivity contribution < 1.29 is 27.9 Å². The highest BCUT2D eigenvalue weighted by Crippen LogP contribution is 2.40. The van der Waals surface area contributed by atoms with Crippen LogP contribution in [0.15, 0.2) is 28.3 Å². The first-order valence-corrected chi connectivity index (χ1v) is 10.9. The number of aliphatic hydroxyl groups is 1. The van der Waals surface area contributed by atoms with Gasteiger partial charge in [0.2, 0.25) is 0 Å². The molecule has 3 aliphatic rings. The first-order valence-electron chi connectivity index (χ1n) is 10.9. The monoisotopic (exact) mass is 464 g/mol. The zero-order valence-electron chi connectivity index (χ0n) is 18.9. The fourth-order valence-electron chi connectivity index (χ4n) is 5.04.